The van der Waals surface area contributed by atoms with Gasteiger partial charge in [0.1, 0.15) is 10.8 Å². The molecule has 0 fully saturated rings. The summed E-state index contributed by atoms with van der Waals surface area (Å²) in [5, 5.41) is 12.3. The van der Waals surface area contributed by atoms with Crippen LogP contribution in [0.25, 0.3) is 0 Å². The number of ether oxygens (including phenoxy) is 1. The molecular weight excluding hydrogens is 298 g/mol. The van der Waals surface area contributed by atoms with Crippen molar-refractivity contribution in [3.8, 4) is 5.75 Å². The smallest absolute Gasteiger partial charge is 0.264 e. The van der Waals surface area contributed by atoms with Gasteiger partial charge in [0.2, 0.25) is 5.13 Å². The molecule has 0 aliphatic carbocycles. The summed E-state index contributed by atoms with van der Waals surface area (Å²) in [6.07, 6.45) is 0.795. The Morgan fingerprint density at radius 1 is 1.45 bits per heavy atom. The molecule has 0 saturated carbocycles. The molecule has 1 amide bonds. The fourth-order valence-corrected chi connectivity index (χ4v) is 2.33. The lowest BCUT2D eigenvalue weighted by Crippen LogP contribution is -2.20. The number of carbonyl (C=O) groups is 1. The summed E-state index contributed by atoms with van der Waals surface area (Å²) in [5.41, 5.74) is 1.02. The highest BCUT2D eigenvalue weighted by molar-refractivity contribution is 7.15. The van der Waals surface area contributed by atoms with Gasteiger partial charge < -0.3 is 4.74 Å². The van der Waals surface area contributed by atoms with Gasteiger partial charge in [-0.25, -0.2) is 0 Å². The summed E-state index contributed by atoms with van der Waals surface area (Å²) in [5.74, 6) is 0.203. The quantitative estimate of drug-likeness (QED) is 0.921. The molecule has 2 aromatic rings. The number of rotatable bonds is 5. The predicted molar refractivity (Wildman–Crippen MR) is 79.6 cm³/mol. The van der Waals surface area contributed by atoms with Crippen molar-refractivity contribution in [3.05, 3.63) is 33.8 Å². The van der Waals surface area contributed by atoms with Crippen LogP contribution in [0.15, 0.2) is 18.2 Å². The summed E-state index contributed by atoms with van der Waals surface area (Å²) < 4.78 is 5.40. The van der Waals surface area contributed by atoms with Crippen LogP contribution in [0, 0.1) is 6.92 Å². The highest BCUT2D eigenvalue weighted by Crippen LogP contribution is 2.25. The van der Waals surface area contributed by atoms with E-state index in [4.69, 9.17) is 16.3 Å². The molecule has 1 N–H and O–H groups in total. The number of carbonyl (C=O) groups excluding carboxylic acids is 1. The molecule has 0 aliphatic heterocycles. The van der Waals surface area contributed by atoms with Gasteiger partial charge in [0.25, 0.3) is 5.91 Å². The van der Waals surface area contributed by atoms with E-state index in [0.29, 0.717) is 15.9 Å². The van der Waals surface area contributed by atoms with Gasteiger partial charge in [0.15, 0.2) is 6.61 Å². The van der Waals surface area contributed by atoms with Crippen molar-refractivity contribution in [2.24, 2.45) is 0 Å². The van der Waals surface area contributed by atoms with E-state index in [2.05, 4.69) is 15.5 Å². The number of benzene rings is 1. The molecule has 7 heteroatoms. The SMILES string of the molecule is CCc1nnc(NC(=O)COc2cc(C)ccc2Cl)s1. The molecule has 0 atom stereocenters. The Hall–Kier alpha value is -1.66. The Morgan fingerprint density at radius 3 is 2.95 bits per heavy atom. The molecule has 5 nitrogen and oxygen atoms in total. The van der Waals surface area contributed by atoms with Crippen LogP contribution in [0.1, 0.15) is 17.5 Å². The lowest BCUT2D eigenvalue weighted by molar-refractivity contribution is -0.118. The first-order chi connectivity index (χ1) is 9.58. The molecular formula is C13H14ClN3O2S. The van der Waals surface area contributed by atoms with E-state index in [1.165, 1.54) is 11.3 Å². The minimum absolute atomic E-state index is 0.121. The molecule has 0 spiro atoms. The normalized spacial score (nSPS) is 10.3. The average Bonchev–Trinajstić information content (AvgIpc) is 2.87. The second-order valence-electron chi connectivity index (χ2n) is 4.13. The van der Waals surface area contributed by atoms with Gasteiger partial charge in [-0.3, -0.25) is 10.1 Å². The summed E-state index contributed by atoms with van der Waals surface area (Å²) in [4.78, 5) is 11.7. The molecule has 2 rings (SSSR count). The van der Waals surface area contributed by atoms with Crippen molar-refractivity contribution in [2.75, 3.05) is 11.9 Å². The zero-order chi connectivity index (χ0) is 14.5. The fourth-order valence-electron chi connectivity index (χ4n) is 1.47. The zero-order valence-electron chi connectivity index (χ0n) is 11.1. The Bertz CT molecular complexity index is 615. The van der Waals surface area contributed by atoms with Gasteiger partial charge in [0.05, 0.1) is 5.02 Å². The molecule has 20 heavy (non-hydrogen) atoms. The maximum absolute atomic E-state index is 11.7. The third-order valence-electron chi connectivity index (χ3n) is 2.46. The van der Waals surface area contributed by atoms with Gasteiger partial charge in [-0.05, 0) is 31.0 Å². The first kappa shape index (κ1) is 14.7. The summed E-state index contributed by atoms with van der Waals surface area (Å²) in [7, 11) is 0. The predicted octanol–water partition coefficient (Wildman–Crippen LogP) is 3.08. The molecule has 106 valence electrons. The molecule has 0 radical (unpaired) electrons. The van der Waals surface area contributed by atoms with Crippen LogP contribution >= 0.6 is 22.9 Å². The number of hydrogen-bond acceptors (Lipinski definition) is 5. The lowest BCUT2D eigenvalue weighted by Gasteiger charge is -2.08. The Balaban J connectivity index is 1.90. The van der Waals surface area contributed by atoms with E-state index in [1.807, 2.05) is 19.9 Å². The van der Waals surface area contributed by atoms with Crippen LogP contribution in [0.2, 0.25) is 5.02 Å². The standard InChI is InChI=1S/C13H14ClN3O2S/c1-3-12-16-17-13(20-12)15-11(18)7-19-10-6-8(2)4-5-9(10)14/h4-6H,3,7H2,1-2H3,(H,15,17,18). The van der Waals surface area contributed by atoms with Crippen LogP contribution in [0.4, 0.5) is 5.13 Å². The van der Waals surface area contributed by atoms with Gasteiger partial charge in [-0.15, -0.1) is 10.2 Å². The molecule has 0 saturated heterocycles. The number of aryl methyl sites for hydroxylation is 2. The number of amides is 1. The van der Waals surface area contributed by atoms with E-state index < -0.39 is 0 Å². The van der Waals surface area contributed by atoms with Gasteiger partial charge in [-0.1, -0.05) is 35.9 Å². The van der Waals surface area contributed by atoms with Crippen molar-refractivity contribution >= 4 is 34.0 Å². The highest BCUT2D eigenvalue weighted by Gasteiger charge is 2.09. The molecule has 0 unspecified atom stereocenters. The van der Waals surface area contributed by atoms with Gasteiger partial charge >= 0.3 is 0 Å². The van der Waals surface area contributed by atoms with Crippen LogP contribution in [-0.4, -0.2) is 22.7 Å². The van der Waals surface area contributed by atoms with Gasteiger partial charge in [-0.2, -0.15) is 0 Å². The van der Waals surface area contributed by atoms with E-state index in [9.17, 15) is 4.79 Å². The number of halogens is 1. The first-order valence-corrected chi connectivity index (χ1v) is 7.29. The highest BCUT2D eigenvalue weighted by atomic mass is 35.5. The second kappa shape index (κ2) is 6.67. The Labute approximate surface area is 125 Å². The minimum Gasteiger partial charge on any atom is -0.482 e. The van der Waals surface area contributed by atoms with Crippen molar-refractivity contribution in [2.45, 2.75) is 20.3 Å². The van der Waals surface area contributed by atoms with E-state index >= 15 is 0 Å². The van der Waals surface area contributed by atoms with Crippen LogP contribution in [0.5, 0.6) is 5.75 Å². The fraction of sp³-hybridized carbons (Fsp3) is 0.308. The Morgan fingerprint density at radius 2 is 2.25 bits per heavy atom. The molecule has 0 aliphatic rings. The number of nitrogens with one attached hydrogen (secondary N) is 1. The van der Waals surface area contributed by atoms with Crippen LogP contribution in [0.3, 0.4) is 0 Å². The van der Waals surface area contributed by atoms with Crippen molar-refractivity contribution in [1.82, 2.24) is 10.2 Å². The number of anilines is 1. The molecule has 1 heterocycles. The molecule has 0 bridgehead atoms. The third kappa shape index (κ3) is 3.91. The maximum Gasteiger partial charge on any atom is 0.264 e. The van der Waals surface area contributed by atoms with E-state index in [-0.39, 0.29) is 12.5 Å². The summed E-state index contributed by atoms with van der Waals surface area (Å²) in [6, 6.07) is 5.40. The minimum atomic E-state index is -0.290. The van der Waals surface area contributed by atoms with Crippen molar-refractivity contribution < 1.29 is 9.53 Å². The number of nitrogens with zero attached hydrogens (tertiary/aromatic N) is 2. The second-order valence-corrected chi connectivity index (χ2v) is 5.59. The van der Waals surface area contributed by atoms with Gasteiger partial charge in [0, 0.05) is 0 Å². The topological polar surface area (TPSA) is 64.1 Å². The largest absolute Gasteiger partial charge is 0.482 e. The van der Waals surface area contributed by atoms with Crippen molar-refractivity contribution in [1.29, 1.82) is 0 Å². The van der Waals surface area contributed by atoms with Crippen molar-refractivity contribution in [3.63, 3.8) is 0 Å². The number of aromatic nitrogens is 2. The van der Waals surface area contributed by atoms with E-state index in [0.717, 1.165) is 17.0 Å². The van der Waals surface area contributed by atoms with Crippen LogP contribution in [-0.2, 0) is 11.2 Å². The Kier molecular flexibility index (Phi) is 4.92. The molecule has 1 aromatic heterocycles. The monoisotopic (exact) mass is 311 g/mol. The summed E-state index contributed by atoms with van der Waals surface area (Å²) >= 11 is 7.34. The zero-order valence-corrected chi connectivity index (χ0v) is 12.7. The molecule has 1 aromatic carbocycles. The number of hydrogen-bond donors (Lipinski definition) is 1. The average molecular weight is 312 g/mol. The van der Waals surface area contributed by atoms with Crippen LogP contribution < -0.4 is 10.1 Å². The summed E-state index contributed by atoms with van der Waals surface area (Å²) in [6.45, 7) is 3.79. The lowest BCUT2D eigenvalue weighted by atomic mass is 10.2. The third-order valence-corrected chi connectivity index (χ3v) is 3.76. The first-order valence-electron chi connectivity index (χ1n) is 6.09. The van der Waals surface area contributed by atoms with E-state index in [1.54, 1.807) is 12.1 Å². The maximum atomic E-state index is 11.7.